The molecule has 1 nitrogen and oxygen atoms in total. The average Bonchev–Trinajstić information content (AvgIpc) is 2.26. The van der Waals surface area contributed by atoms with Gasteiger partial charge in [0.15, 0.2) is 9.76 Å². The lowest BCUT2D eigenvalue weighted by Gasteiger charge is -2.07. The number of benzene rings is 1. The summed E-state index contributed by atoms with van der Waals surface area (Å²) in [5.41, 5.74) is 0. The maximum Gasteiger partial charge on any atom is 0.192 e. The van der Waals surface area contributed by atoms with Crippen molar-refractivity contribution in [3.05, 3.63) is 55.6 Å². The average molecular weight is 204 g/mol. The van der Waals surface area contributed by atoms with Crippen molar-refractivity contribution in [2.45, 2.75) is 0 Å². The third kappa shape index (κ3) is 3.73. The summed E-state index contributed by atoms with van der Waals surface area (Å²) in [4.78, 5) is 0. The van der Waals surface area contributed by atoms with Crippen molar-refractivity contribution >= 4 is 14.9 Å². The summed E-state index contributed by atoms with van der Waals surface area (Å²) in [5, 5.41) is 1.33. The van der Waals surface area contributed by atoms with Gasteiger partial charge in [-0.1, -0.05) is 42.5 Å². The van der Waals surface area contributed by atoms with Crippen LogP contribution in [0.25, 0.3) is 0 Å². The maximum absolute atomic E-state index is 5.66. The number of hydrogen-bond donors (Lipinski definition) is 0. The Labute approximate surface area is 88.1 Å². The van der Waals surface area contributed by atoms with Crippen LogP contribution in [0.4, 0.5) is 0 Å². The summed E-state index contributed by atoms with van der Waals surface area (Å²) >= 11 is 0. The van der Waals surface area contributed by atoms with Crippen LogP contribution in [0.1, 0.15) is 0 Å². The fourth-order valence-corrected chi connectivity index (χ4v) is 2.21. The van der Waals surface area contributed by atoms with Crippen LogP contribution in [-0.2, 0) is 4.43 Å². The summed E-state index contributed by atoms with van der Waals surface area (Å²) in [6.45, 7) is 8.16. The molecule has 0 N–H and O–H groups in total. The highest BCUT2D eigenvalue weighted by Crippen LogP contribution is 1.98. The molecule has 0 radical (unpaired) electrons. The first kappa shape index (κ1) is 11.0. The molecule has 14 heavy (non-hydrogen) atoms. The lowest BCUT2D eigenvalue weighted by atomic mass is 10.2. The van der Waals surface area contributed by atoms with Crippen LogP contribution >= 0.6 is 0 Å². The molecule has 0 saturated heterocycles. The highest BCUT2D eigenvalue weighted by Gasteiger charge is 1.98. The van der Waals surface area contributed by atoms with Gasteiger partial charge in [0.05, 0.1) is 0 Å². The van der Waals surface area contributed by atoms with Gasteiger partial charge >= 0.3 is 0 Å². The van der Waals surface area contributed by atoms with Crippen molar-refractivity contribution in [3.63, 3.8) is 0 Å². The van der Waals surface area contributed by atoms with Crippen LogP contribution in [0.15, 0.2) is 55.6 Å². The first-order chi connectivity index (χ1) is 6.86. The first-order valence-corrected chi connectivity index (χ1v) is 6.02. The standard InChI is InChI=1S/C12H16OSi/c1-3-11(4-2)10-13-14-12-8-6-5-7-9-12/h3-9,11H,1-2,10,14H2. The molecule has 0 saturated carbocycles. The van der Waals surface area contributed by atoms with Crippen LogP contribution in [0.2, 0.25) is 0 Å². The zero-order valence-electron chi connectivity index (χ0n) is 8.36. The maximum atomic E-state index is 5.66. The Morgan fingerprint density at radius 1 is 1.21 bits per heavy atom. The molecule has 0 aromatic heterocycles. The molecule has 74 valence electrons. The van der Waals surface area contributed by atoms with Gasteiger partial charge in [0.1, 0.15) is 0 Å². The molecule has 0 aliphatic heterocycles. The minimum absolute atomic E-state index is 0.284. The van der Waals surface area contributed by atoms with E-state index < -0.39 is 9.76 Å². The Bertz CT molecular complexity index is 274. The molecule has 1 rings (SSSR count). The van der Waals surface area contributed by atoms with Gasteiger partial charge in [-0.2, -0.15) is 0 Å². The molecule has 0 heterocycles. The minimum atomic E-state index is -0.568. The molecule has 0 spiro atoms. The van der Waals surface area contributed by atoms with Crippen LogP contribution in [0.5, 0.6) is 0 Å². The molecular weight excluding hydrogens is 188 g/mol. The van der Waals surface area contributed by atoms with Crippen LogP contribution < -0.4 is 5.19 Å². The van der Waals surface area contributed by atoms with Crippen molar-refractivity contribution in [2.24, 2.45) is 5.92 Å². The molecular formula is C12H16OSi. The minimum Gasteiger partial charge on any atom is -0.418 e. The van der Waals surface area contributed by atoms with E-state index in [1.54, 1.807) is 0 Å². The lowest BCUT2D eigenvalue weighted by molar-refractivity contribution is 0.319. The van der Waals surface area contributed by atoms with Crippen molar-refractivity contribution in [1.29, 1.82) is 0 Å². The van der Waals surface area contributed by atoms with Gasteiger partial charge in [0.25, 0.3) is 0 Å². The van der Waals surface area contributed by atoms with Crippen molar-refractivity contribution in [1.82, 2.24) is 0 Å². The molecule has 0 unspecified atom stereocenters. The van der Waals surface area contributed by atoms with E-state index in [0.717, 1.165) is 0 Å². The van der Waals surface area contributed by atoms with Gasteiger partial charge in [0.2, 0.25) is 0 Å². The monoisotopic (exact) mass is 204 g/mol. The molecule has 0 atom stereocenters. The summed E-state index contributed by atoms with van der Waals surface area (Å²) in [5.74, 6) is 0.284. The number of rotatable bonds is 6. The topological polar surface area (TPSA) is 9.23 Å². The van der Waals surface area contributed by atoms with Crippen LogP contribution in [0.3, 0.4) is 0 Å². The highest BCUT2D eigenvalue weighted by molar-refractivity contribution is 6.46. The van der Waals surface area contributed by atoms with E-state index in [-0.39, 0.29) is 5.92 Å². The Morgan fingerprint density at radius 3 is 2.43 bits per heavy atom. The smallest absolute Gasteiger partial charge is 0.192 e. The van der Waals surface area contributed by atoms with E-state index in [9.17, 15) is 0 Å². The van der Waals surface area contributed by atoms with Crippen LogP contribution in [-0.4, -0.2) is 16.4 Å². The van der Waals surface area contributed by atoms with E-state index in [1.807, 2.05) is 30.4 Å². The molecule has 1 aromatic carbocycles. The van der Waals surface area contributed by atoms with E-state index in [4.69, 9.17) is 4.43 Å². The second-order valence-electron chi connectivity index (χ2n) is 3.14. The number of hydrogen-bond acceptors (Lipinski definition) is 1. The predicted octanol–water partition coefficient (Wildman–Crippen LogP) is 1.40. The fraction of sp³-hybridized carbons (Fsp3) is 0.167. The SMILES string of the molecule is C=CC(C=C)CO[SiH2]c1ccccc1. The van der Waals surface area contributed by atoms with E-state index in [0.29, 0.717) is 6.61 Å². The van der Waals surface area contributed by atoms with E-state index in [2.05, 4.69) is 25.3 Å². The second-order valence-corrected chi connectivity index (χ2v) is 4.65. The quantitative estimate of drug-likeness (QED) is 0.503. The van der Waals surface area contributed by atoms with Gasteiger partial charge in [-0.15, -0.1) is 13.2 Å². The fourth-order valence-electron chi connectivity index (χ4n) is 1.12. The molecule has 2 heteroatoms. The summed E-state index contributed by atoms with van der Waals surface area (Å²) in [7, 11) is -0.568. The Hall–Kier alpha value is -1.12. The highest BCUT2D eigenvalue weighted by atomic mass is 28.2. The van der Waals surface area contributed by atoms with Gasteiger partial charge in [-0.25, -0.2) is 0 Å². The van der Waals surface area contributed by atoms with Crippen molar-refractivity contribution in [2.75, 3.05) is 6.61 Å². The predicted molar refractivity (Wildman–Crippen MR) is 64.5 cm³/mol. The van der Waals surface area contributed by atoms with Crippen LogP contribution in [0, 0.1) is 5.92 Å². The molecule has 0 bridgehead atoms. The Morgan fingerprint density at radius 2 is 1.86 bits per heavy atom. The van der Waals surface area contributed by atoms with Crippen molar-refractivity contribution in [3.8, 4) is 0 Å². The molecule has 0 aliphatic rings. The zero-order valence-corrected chi connectivity index (χ0v) is 9.77. The van der Waals surface area contributed by atoms with Gasteiger partial charge in [-0.05, 0) is 5.19 Å². The first-order valence-electron chi connectivity index (χ1n) is 4.73. The van der Waals surface area contributed by atoms with E-state index >= 15 is 0 Å². The summed E-state index contributed by atoms with van der Waals surface area (Å²) < 4.78 is 5.66. The Balaban J connectivity index is 2.28. The second kappa shape index (κ2) is 6.35. The van der Waals surface area contributed by atoms with E-state index in [1.165, 1.54) is 5.19 Å². The van der Waals surface area contributed by atoms with Gasteiger partial charge in [0, 0.05) is 12.5 Å². The zero-order chi connectivity index (χ0) is 10.2. The molecule has 0 amide bonds. The molecule has 0 fully saturated rings. The molecule has 1 aromatic rings. The normalized spacial score (nSPS) is 10.9. The largest absolute Gasteiger partial charge is 0.418 e. The third-order valence-corrected chi connectivity index (χ3v) is 3.27. The summed E-state index contributed by atoms with van der Waals surface area (Å²) in [6, 6.07) is 10.3. The van der Waals surface area contributed by atoms with Crippen molar-refractivity contribution < 1.29 is 4.43 Å². The van der Waals surface area contributed by atoms with Gasteiger partial charge < -0.3 is 4.43 Å². The lowest BCUT2D eigenvalue weighted by Crippen LogP contribution is -2.19. The summed E-state index contributed by atoms with van der Waals surface area (Å²) in [6.07, 6.45) is 3.73. The van der Waals surface area contributed by atoms with Gasteiger partial charge in [-0.3, -0.25) is 0 Å². The molecule has 0 aliphatic carbocycles. The third-order valence-electron chi connectivity index (χ3n) is 2.03. The Kier molecular flexibility index (Phi) is 4.97.